The van der Waals surface area contributed by atoms with E-state index < -0.39 is 6.10 Å². The van der Waals surface area contributed by atoms with Crippen molar-refractivity contribution in [3.8, 4) is 0 Å². The Bertz CT molecular complexity index is 1070. The molecule has 7 heteroatoms. The lowest BCUT2D eigenvalue weighted by atomic mass is 9.97. The molecule has 0 saturated heterocycles. The lowest BCUT2D eigenvalue weighted by molar-refractivity contribution is 0.0493. The van der Waals surface area contributed by atoms with E-state index in [9.17, 15) is 9.90 Å². The smallest absolute Gasteiger partial charge is 0.254 e. The molecule has 0 bridgehead atoms. The number of rotatable bonds is 8. The summed E-state index contributed by atoms with van der Waals surface area (Å²) in [6.45, 7) is 7.00. The summed E-state index contributed by atoms with van der Waals surface area (Å²) in [6.07, 6.45) is 4.55. The highest BCUT2D eigenvalue weighted by Crippen LogP contribution is 2.31. The van der Waals surface area contributed by atoms with Crippen molar-refractivity contribution in [2.75, 3.05) is 38.5 Å². The zero-order valence-electron chi connectivity index (χ0n) is 19.0. The zero-order chi connectivity index (χ0) is 23.4. The second-order valence-corrected chi connectivity index (χ2v) is 9.02. The molecule has 0 saturated carbocycles. The van der Waals surface area contributed by atoms with E-state index >= 15 is 0 Å². The average molecular weight is 467 g/mol. The molecule has 0 fully saturated rings. The molecule has 4 rings (SSSR count). The Balaban J connectivity index is 1.41. The molecule has 33 heavy (non-hydrogen) atoms. The summed E-state index contributed by atoms with van der Waals surface area (Å²) in [7, 11) is 1.80. The number of aliphatic hydroxyl groups is 1. The first kappa shape index (κ1) is 23.4. The Hall–Kier alpha value is -2.80. The van der Waals surface area contributed by atoms with Crippen molar-refractivity contribution < 1.29 is 9.90 Å². The van der Waals surface area contributed by atoms with Crippen LogP contribution >= 0.6 is 11.6 Å². The Kier molecular flexibility index (Phi) is 7.38. The molecule has 2 heterocycles. The maximum absolute atomic E-state index is 13.2. The summed E-state index contributed by atoms with van der Waals surface area (Å²) < 4.78 is 0. The number of amides is 1. The third-order valence-corrected chi connectivity index (χ3v) is 6.58. The number of hydrogen-bond donors (Lipinski definition) is 3. The van der Waals surface area contributed by atoms with Gasteiger partial charge in [0.25, 0.3) is 5.91 Å². The van der Waals surface area contributed by atoms with E-state index in [2.05, 4.69) is 46.4 Å². The summed E-state index contributed by atoms with van der Waals surface area (Å²) in [5.41, 5.74) is 5.67. The van der Waals surface area contributed by atoms with Gasteiger partial charge in [-0.05, 0) is 47.7 Å². The van der Waals surface area contributed by atoms with Gasteiger partial charge in [0.2, 0.25) is 0 Å². The summed E-state index contributed by atoms with van der Waals surface area (Å²) in [5, 5.41) is 17.5. The number of allylic oxidation sites excluding steroid dienone is 1. The number of halogens is 1. The summed E-state index contributed by atoms with van der Waals surface area (Å²) >= 11 is 6.46. The predicted molar refractivity (Wildman–Crippen MR) is 133 cm³/mol. The summed E-state index contributed by atoms with van der Waals surface area (Å²) in [4.78, 5) is 17.3. The van der Waals surface area contributed by atoms with Crippen LogP contribution in [0.25, 0.3) is 0 Å². The minimum absolute atomic E-state index is 0.0724. The molecule has 174 valence electrons. The number of hydrogen-bond acceptors (Lipinski definition) is 5. The number of carbonyl (C=O) groups excluding carboxylic acids is 1. The summed E-state index contributed by atoms with van der Waals surface area (Å²) in [5.74, 6) is -0.0724. The van der Waals surface area contributed by atoms with Crippen LogP contribution in [-0.4, -0.2) is 60.1 Å². The number of benzene rings is 2. The van der Waals surface area contributed by atoms with Gasteiger partial charge in [-0.3, -0.25) is 9.69 Å². The molecule has 6 nitrogen and oxygen atoms in total. The first-order chi connectivity index (χ1) is 16.0. The number of anilines is 1. The number of fused-ring (bicyclic) bond motifs is 2. The third kappa shape index (κ3) is 5.41. The molecule has 2 aromatic rings. The van der Waals surface area contributed by atoms with Crippen molar-refractivity contribution >= 4 is 23.2 Å². The molecule has 2 aromatic carbocycles. The lowest BCUT2D eigenvalue weighted by Gasteiger charge is -2.34. The van der Waals surface area contributed by atoms with Crippen LogP contribution in [-0.2, 0) is 19.4 Å². The second-order valence-electron chi connectivity index (χ2n) is 8.62. The largest absolute Gasteiger partial charge is 0.392 e. The lowest BCUT2D eigenvalue weighted by Crippen LogP contribution is -2.46. The Morgan fingerprint density at radius 3 is 2.70 bits per heavy atom. The third-order valence-electron chi connectivity index (χ3n) is 6.27. The quantitative estimate of drug-likeness (QED) is 0.520. The fourth-order valence-corrected chi connectivity index (χ4v) is 4.83. The molecule has 2 aliphatic heterocycles. The Morgan fingerprint density at radius 2 is 1.94 bits per heavy atom. The van der Waals surface area contributed by atoms with E-state index in [1.54, 1.807) is 30.3 Å². The number of aliphatic hydroxyl groups excluding tert-OH is 1. The van der Waals surface area contributed by atoms with Crippen LogP contribution < -0.4 is 10.6 Å². The van der Waals surface area contributed by atoms with Crippen LogP contribution in [0.5, 0.6) is 0 Å². The summed E-state index contributed by atoms with van der Waals surface area (Å²) in [6, 6.07) is 12.1. The first-order valence-corrected chi connectivity index (χ1v) is 11.7. The molecule has 0 aromatic heterocycles. The number of nitrogens with one attached hydrogen (secondary N) is 2. The van der Waals surface area contributed by atoms with Crippen LogP contribution in [0, 0.1) is 0 Å². The van der Waals surface area contributed by atoms with Gasteiger partial charge in [-0.25, -0.2) is 0 Å². The van der Waals surface area contributed by atoms with Crippen molar-refractivity contribution in [1.82, 2.24) is 15.1 Å². The van der Waals surface area contributed by atoms with Gasteiger partial charge in [0, 0.05) is 51.5 Å². The Morgan fingerprint density at radius 1 is 1.18 bits per heavy atom. The highest BCUT2D eigenvalue weighted by molar-refractivity contribution is 6.33. The average Bonchev–Trinajstić information content (AvgIpc) is 2.81. The van der Waals surface area contributed by atoms with Crippen LogP contribution in [0.15, 0.2) is 61.0 Å². The zero-order valence-corrected chi connectivity index (χ0v) is 19.7. The van der Waals surface area contributed by atoms with E-state index in [0.717, 1.165) is 30.8 Å². The van der Waals surface area contributed by atoms with Crippen LogP contribution in [0.1, 0.15) is 27.0 Å². The monoisotopic (exact) mass is 466 g/mol. The molecular formula is C26H31ClN4O2. The first-order valence-electron chi connectivity index (χ1n) is 11.3. The van der Waals surface area contributed by atoms with Gasteiger partial charge in [0.15, 0.2) is 0 Å². The van der Waals surface area contributed by atoms with Crippen molar-refractivity contribution in [3.63, 3.8) is 0 Å². The molecule has 2 aliphatic rings. The van der Waals surface area contributed by atoms with Gasteiger partial charge >= 0.3 is 0 Å². The van der Waals surface area contributed by atoms with Gasteiger partial charge in [0.1, 0.15) is 0 Å². The highest BCUT2D eigenvalue weighted by Gasteiger charge is 2.28. The minimum atomic E-state index is -0.600. The van der Waals surface area contributed by atoms with E-state index in [4.69, 9.17) is 11.6 Å². The molecule has 1 atom stereocenters. The van der Waals surface area contributed by atoms with Crippen molar-refractivity contribution in [2.24, 2.45) is 0 Å². The van der Waals surface area contributed by atoms with E-state index in [-0.39, 0.29) is 5.91 Å². The van der Waals surface area contributed by atoms with Gasteiger partial charge in [0.05, 0.1) is 22.5 Å². The molecule has 1 amide bonds. The highest BCUT2D eigenvalue weighted by atomic mass is 35.5. The van der Waals surface area contributed by atoms with Crippen molar-refractivity contribution in [1.29, 1.82) is 0 Å². The molecular weight excluding hydrogens is 436 g/mol. The van der Waals surface area contributed by atoms with Crippen molar-refractivity contribution in [2.45, 2.75) is 25.5 Å². The van der Waals surface area contributed by atoms with Crippen LogP contribution in [0.2, 0.25) is 5.02 Å². The number of carbonyl (C=O) groups is 1. The fourth-order valence-electron chi connectivity index (χ4n) is 4.59. The molecule has 0 aliphatic carbocycles. The SMILES string of the molecule is C=C/C(=C\NC)Nc1cc2c(cc1Cl)CCN(CC(O)CN1CCc3ccccc3C1)C2=O. The fraction of sp³-hybridized carbons (Fsp3) is 0.346. The van der Waals surface area contributed by atoms with Gasteiger partial charge < -0.3 is 20.6 Å². The number of β-amino-alcohol motifs (C(OH)–C–C–N with tert-alkyl or cyclic N) is 1. The topological polar surface area (TPSA) is 67.8 Å². The van der Waals surface area contributed by atoms with E-state index in [1.165, 1.54) is 11.1 Å². The number of nitrogens with zero attached hydrogens (tertiary/aromatic N) is 2. The van der Waals surface area contributed by atoms with E-state index in [0.29, 0.717) is 42.3 Å². The Labute approximate surface area is 200 Å². The normalized spacial score (nSPS) is 17.2. The standard InChI is InChI=1S/C26H31ClN4O2/c1-3-21(14-28-2)29-25-13-23-19(12-24(25)27)9-11-31(26(23)33)17-22(32)16-30-10-8-18-6-4-5-7-20(18)15-30/h3-7,12-14,22,28-29,32H,1,8-11,15-17H2,2H3/b21-14+. The van der Waals surface area contributed by atoms with Gasteiger partial charge in [-0.1, -0.05) is 42.4 Å². The minimum Gasteiger partial charge on any atom is -0.392 e. The molecule has 0 radical (unpaired) electrons. The van der Waals surface area contributed by atoms with E-state index in [1.807, 2.05) is 6.07 Å². The maximum atomic E-state index is 13.2. The van der Waals surface area contributed by atoms with Crippen molar-refractivity contribution in [3.05, 3.63) is 88.2 Å². The predicted octanol–water partition coefficient (Wildman–Crippen LogP) is 3.42. The molecule has 0 spiro atoms. The second kappa shape index (κ2) is 10.4. The molecule has 3 N–H and O–H groups in total. The van der Waals surface area contributed by atoms with Gasteiger partial charge in [-0.2, -0.15) is 0 Å². The maximum Gasteiger partial charge on any atom is 0.254 e. The van der Waals surface area contributed by atoms with Crippen LogP contribution in [0.4, 0.5) is 5.69 Å². The van der Waals surface area contributed by atoms with Gasteiger partial charge in [-0.15, -0.1) is 0 Å². The van der Waals surface area contributed by atoms with Crippen LogP contribution in [0.3, 0.4) is 0 Å². The molecule has 1 unspecified atom stereocenters.